The molecule has 0 radical (unpaired) electrons. The molecule has 0 fully saturated rings. The largest absolute Gasteiger partial charge is 0.461 e. The van der Waals surface area contributed by atoms with Crippen molar-refractivity contribution < 1.29 is 19.1 Å². The number of rotatable bonds is 5. The van der Waals surface area contributed by atoms with Gasteiger partial charge in [-0.05, 0) is 52.3 Å². The van der Waals surface area contributed by atoms with Crippen molar-refractivity contribution in [2.45, 2.75) is 58.8 Å². The summed E-state index contributed by atoms with van der Waals surface area (Å²) in [4.78, 5) is 24.2. The zero-order valence-electron chi connectivity index (χ0n) is 14.5. The van der Waals surface area contributed by atoms with E-state index >= 15 is 0 Å². The molecule has 0 bridgehead atoms. The van der Waals surface area contributed by atoms with E-state index in [9.17, 15) is 9.59 Å². The van der Waals surface area contributed by atoms with Gasteiger partial charge in [0.2, 0.25) is 0 Å². The van der Waals surface area contributed by atoms with Gasteiger partial charge >= 0.3 is 12.1 Å². The predicted molar refractivity (Wildman–Crippen MR) is 94.6 cm³/mol. The molecule has 0 aromatic heterocycles. The quantitative estimate of drug-likeness (QED) is 0.775. The first-order chi connectivity index (χ1) is 11.0. The van der Waals surface area contributed by atoms with E-state index in [1.807, 2.05) is 0 Å². The summed E-state index contributed by atoms with van der Waals surface area (Å²) in [5, 5.41) is 3.35. The second-order valence-electron chi connectivity index (χ2n) is 6.64. The van der Waals surface area contributed by atoms with Gasteiger partial charge in [0.05, 0.1) is 16.1 Å². The minimum absolute atomic E-state index is 0.210. The molecule has 1 amide bonds. The maximum absolute atomic E-state index is 12.3. The van der Waals surface area contributed by atoms with Crippen LogP contribution in [0.5, 0.6) is 0 Å². The topological polar surface area (TPSA) is 64.6 Å². The van der Waals surface area contributed by atoms with Crippen LogP contribution < -0.4 is 5.32 Å². The van der Waals surface area contributed by atoms with E-state index in [-0.39, 0.29) is 12.5 Å². The highest BCUT2D eigenvalue weighted by atomic mass is 35.5. The molecule has 0 saturated heterocycles. The Morgan fingerprint density at radius 1 is 1.17 bits per heavy atom. The Balaban J connectivity index is 2.90. The average Bonchev–Trinajstić information content (AvgIpc) is 2.39. The van der Waals surface area contributed by atoms with Gasteiger partial charge in [-0.25, -0.2) is 9.59 Å². The molecule has 0 aliphatic carbocycles. The molecule has 134 valence electrons. The van der Waals surface area contributed by atoms with Crippen molar-refractivity contribution in [3.63, 3.8) is 0 Å². The third-order valence-electron chi connectivity index (χ3n) is 2.75. The van der Waals surface area contributed by atoms with Crippen LogP contribution in [0.1, 0.15) is 40.2 Å². The highest BCUT2D eigenvalue weighted by Gasteiger charge is 2.26. The lowest BCUT2D eigenvalue weighted by atomic mass is 10.1. The summed E-state index contributed by atoms with van der Waals surface area (Å²) < 4.78 is 10.4. The van der Waals surface area contributed by atoms with Crippen LogP contribution in [-0.4, -0.2) is 29.8 Å². The minimum Gasteiger partial charge on any atom is -0.461 e. The molecule has 1 aromatic rings. The molecule has 1 atom stereocenters. The molecule has 1 N–H and O–H groups in total. The van der Waals surface area contributed by atoms with E-state index in [2.05, 4.69) is 5.32 Å². The van der Waals surface area contributed by atoms with Gasteiger partial charge in [-0.3, -0.25) is 0 Å². The van der Waals surface area contributed by atoms with Crippen molar-refractivity contribution in [2.24, 2.45) is 0 Å². The summed E-state index contributed by atoms with van der Waals surface area (Å²) >= 11 is 11.9. The summed E-state index contributed by atoms with van der Waals surface area (Å²) in [6, 6.07) is 4.13. The van der Waals surface area contributed by atoms with Crippen molar-refractivity contribution in [3.8, 4) is 0 Å². The monoisotopic (exact) mass is 375 g/mol. The Morgan fingerprint density at radius 2 is 1.79 bits per heavy atom. The van der Waals surface area contributed by atoms with E-state index < -0.39 is 23.7 Å². The Bertz CT molecular complexity index is 597. The first kappa shape index (κ1) is 20.6. The molecule has 24 heavy (non-hydrogen) atoms. The molecule has 1 aromatic carbocycles. The van der Waals surface area contributed by atoms with E-state index in [1.165, 1.54) is 0 Å². The van der Waals surface area contributed by atoms with Crippen LogP contribution in [0.4, 0.5) is 4.79 Å². The van der Waals surface area contributed by atoms with Crippen molar-refractivity contribution in [1.82, 2.24) is 5.32 Å². The van der Waals surface area contributed by atoms with Gasteiger partial charge in [0.1, 0.15) is 11.6 Å². The molecule has 0 heterocycles. The van der Waals surface area contributed by atoms with Crippen molar-refractivity contribution >= 4 is 35.3 Å². The smallest absolute Gasteiger partial charge is 0.408 e. The van der Waals surface area contributed by atoms with Gasteiger partial charge in [-0.15, -0.1) is 0 Å². The number of amides is 1. The number of nitrogens with one attached hydrogen (secondary N) is 1. The van der Waals surface area contributed by atoms with Crippen LogP contribution >= 0.6 is 23.2 Å². The third kappa shape index (κ3) is 7.41. The van der Waals surface area contributed by atoms with Gasteiger partial charge in [-0.2, -0.15) is 0 Å². The Morgan fingerprint density at radius 3 is 2.29 bits per heavy atom. The number of carbonyl (C=O) groups excluding carboxylic acids is 2. The van der Waals surface area contributed by atoms with Crippen LogP contribution in [0, 0.1) is 0 Å². The van der Waals surface area contributed by atoms with Gasteiger partial charge in [-0.1, -0.05) is 29.3 Å². The molecule has 7 heteroatoms. The summed E-state index contributed by atoms with van der Waals surface area (Å²) in [5.41, 5.74) is 0.0753. The van der Waals surface area contributed by atoms with E-state index in [1.54, 1.807) is 52.8 Å². The number of hydrogen-bond donors (Lipinski definition) is 1. The molecule has 5 nitrogen and oxygen atoms in total. The van der Waals surface area contributed by atoms with Crippen molar-refractivity contribution in [2.75, 3.05) is 0 Å². The number of carbonyl (C=O) groups is 2. The number of alkyl carbamates (subject to hydrolysis) is 1. The van der Waals surface area contributed by atoms with Crippen LogP contribution in [0.25, 0.3) is 0 Å². The Labute approximate surface area is 152 Å². The maximum atomic E-state index is 12.3. The summed E-state index contributed by atoms with van der Waals surface area (Å²) in [6.07, 6.45) is -0.774. The normalized spacial score (nSPS) is 12.7. The fraction of sp³-hybridized carbons (Fsp3) is 0.529. The van der Waals surface area contributed by atoms with Gasteiger partial charge in [0.25, 0.3) is 0 Å². The molecule has 0 aliphatic heterocycles. The van der Waals surface area contributed by atoms with E-state index in [0.29, 0.717) is 10.0 Å². The maximum Gasteiger partial charge on any atom is 0.408 e. The number of ether oxygens (including phenoxy) is 2. The van der Waals surface area contributed by atoms with E-state index in [0.717, 1.165) is 5.56 Å². The molecule has 0 saturated carbocycles. The molecule has 1 unspecified atom stereocenters. The fourth-order valence-electron chi connectivity index (χ4n) is 1.86. The van der Waals surface area contributed by atoms with Crippen molar-refractivity contribution in [3.05, 3.63) is 33.8 Å². The molecule has 0 aliphatic rings. The Hall–Kier alpha value is -1.46. The van der Waals surface area contributed by atoms with Crippen molar-refractivity contribution in [1.29, 1.82) is 0 Å². The molecular formula is C17H23Cl2NO4. The zero-order valence-corrected chi connectivity index (χ0v) is 16.0. The second kappa shape index (κ2) is 8.58. The van der Waals surface area contributed by atoms with Gasteiger partial charge in [0.15, 0.2) is 0 Å². The highest BCUT2D eigenvalue weighted by Crippen LogP contribution is 2.23. The van der Waals surface area contributed by atoms with E-state index in [4.69, 9.17) is 32.7 Å². The summed E-state index contributed by atoms with van der Waals surface area (Å²) in [6.45, 7) is 8.70. The first-order valence-corrected chi connectivity index (χ1v) is 8.37. The lowest BCUT2D eigenvalue weighted by Crippen LogP contribution is -2.46. The summed E-state index contributed by atoms with van der Waals surface area (Å²) in [5.74, 6) is -0.540. The molecular weight excluding hydrogens is 353 g/mol. The number of halogens is 2. The number of benzene rings is 1. The Kier molecular flexibility index (Phi) is 7.36. The highest BCUT2D eigenvalue weighted by molar-refractivity contribution is 6.42. The van der Waals surface area contributed by atoms with Gasteiger partial charge < -0.3 is 14.8 Å². The number of hydrogen-bond acceptors (Lipinski definition) is 4. The van der Waals surface area contributed by atoms with Crippen LogP contribution in [0.2, 0.25) is 10.0 Å². The fourth-order valence-corrected chi connectivity index (χ4v) is 2.18. The summed E-state index contributed by atoms with van der Waals surface area (Å²) in [7, 11) is 0. The lowest BCUT2D eigenvalue weighted by Gasteiger charge is -2.23. The van der Waals surface area contributed by atoms with Gasteiger partial charge in [0, 0.05) is 6.42 Å². The SMILES string of the molecule is CC(C)OC(=O)C(Cc1ccc(Cl)c(Cl)c1)NC(=O)OC(C)(C)C. The first-order valence-electron chi connectivity index (χ1n) is 7.62. The third-order valence-corrected chi connectivity index (χ3v) is 3.49. The molecule has 0 spiro atoms. The van der Waals surface area contributed by atoms with Crippen LogP contribution in [0.15, 0.2) is 18.2 Å². The second-order valence-corrected chi connectivity index (χ2v) is 7.45. The average molecular weight is 376 g/mol. The van der Waals surface area contributed by atoms with Crippen LogP contribution in [-0.2, 0) is 20.7 Å². The number of esters is 1. The standard InChI is InChI=1S/C17H23Cl2NO4/c1-10(2)23-15(21)14(20-16(22)24-17(3,4)5)9-11-6-7-12(18)13(19)8-11/h6-8,10,14H,9H2,1-5H3,(H,20,22). The van der Waals surface area contributed by atoms with Crippen LogP contribution in [0.3, 0.4) is 0 Å². The zero-order chi connectivity index (χ0) is 18.5. The minimum atomic E-state index is -0.889. The predicted octanol–water partition coefficient (Wildman–Crippen LogP) is 4.38. The molecule has 1 rings (SSSR count). The lowest BCUT2D eigenvalue weighted by molar-refractivity contribution is -0.149.